The third-order valence-corrected chi connectivity index (χ3v) is 12.3. The molecule has 0 fully saturated rings. The van der Waals surface area contributed by atoms with Crippen LogP contribution in [0.25, 0.3) is 133 Å². The molecule has 0 aliphatic heterocycles. The van der Waals surface area contributed by atoms with Gasteiger partial charge in [0, 0.05) is 38.2 Å². The summed E-state index contributed by atoms with van der Waals surface area (Å²) in [6.07, 6.45) is 0. The number of rotatable bonds is 5. The minimum atomic E-state index is 0.575. The van der Waals surface area contributed by atoms with Crippen LogP contribution in [0, 0.1) is 0 Å². The monoisotopic (exact) mass is 791 g/mol. The highest BCUT2D eigenvalue weighted by Gasteiger charge is 2.21. The largest absolute Gasteiger partial charge is 0.456 e. The van der Waals surface area contributed by atoms with E-state index in [1.54, 1.807) is 0 Å². The van der Waals surface area contributed by atoms with Crippen molar-refractivity contribution in [2.75, 3.05) is 0 Å². The molecule has 10 aromatic carbocycles. The van der Waals surface area contributed by atoms with Crippen molar-refractivity contribution in [3.05, 3.63) is 200 Å². The van der Waals surface area contributed by atoms with Crippen molar-refractivity contribution in [3.8, 4) is 56.4 Å². The lowest BCUT2D eigenvalue weighted by molar-refractivity contribution is 0.669. The predicted molar refractivity (Wildman–Crippen MR) is 254 cm³/mol. The van der Waals surface area contributed by atoms with Gasteiger partial charge in [-0.15, -0.1) is 0 Å². The van der Waals surface area contributed by atoms with Crippen LogP contribution in [0.1, 0.15) is 0 Å². The maximum absolute atomic E-state index is 6.59. The van der Waals surface area contributed by atoms with E-state index < -0.39 is 0 Å². The molecule has 0 aliphatic carbocycles. The minimum Gasteiger partial charge on any atom is -0.456 e. The quantitative estimate of drug-likeness (QED) is 0.162. The molecule has 288 valence electrons. The normalized spacial score (nSPS) is 11.9. The molecule has 3 heterocycles. The van der Waals surface area contributed by atoms with Gasteiger partial charge < -0.3 is 8.83 Å². The van der Waals surface area contributed by atoms with Crippen LogP contribution in [0.15, 0.2) is 209 Å². The van der Waals surface area contributed by atoms with Crippen LogP contribution in [0.3, 0.4) is 0 Å². The Labute approximate surface area is 355 Å². The van der Waals surface area contributed by atoms with Gasteiger partial charge in [0.2, 0.25) is 0 Å². The lowest BCUT2D eigenvalue weighted by atomic mass is 9.92. The standard InChI is InChI=1S/C57H33N3O2/c1-2-12-35(13-3-1)55-58-56(36-26-24-34(25-27-36)37-28-30-44-42-16-5-4-14-40(42)41-15-6-7-17-43(41)47(44)32-37)60-57(59-55)46-20-11-23-52-54(46)53-39(19-10-22-51(53)62-52)38-29-31-50-48(33-38)45-18-8-9-21-49(45)61-50/h1-33H. The molecule has 0 atom stereocenters. The lowest BCUT2D eigenvalue weighted by Crippen LogP contribution is -2.00. The fourth-order valence-electron chi connectivity index (χ4n) is 9.43. The predicted octanol–water partition coefficient (Wildman–Crippen LogP) is 15.5. The first-order chi connectivity index (χ1) is 30.7. The average molecular weight is 792 g/mol. The van der Waals surface area contributed by atoms with E-state index in [2.05, 4.69) is 140 Å². The van der Waals surface area contributed by atoms with E-state index in [9.17, 15) is 0 Å². The molecule has 0 radical (unpaired) electrons. The Bertz CT molecular complexity index is 3890. The van der Waals surface area contributed by atoms with Gasteiger partial charge in [-0.1, -0.05) is 164 Å². The van der Waals surface area contributed by atoms with Crippen LogP contribution in [-0.4, -0.2) is 15.0 Å². The van der Waals surface area contributed by atoms with Crippen molar-refractivity contribution in [2.24, 2.45) is 0 Å². The average Bonchev–Trinajstić information content (AvgIpc) is 3.93. The van der Waals surface area contributed by atoms with Crippen molar-refractivity contribution in [2.45, 2.75) is 0 Å². The fourth-order valence-corrected chi connectivity index (χ4v) is 9.43. The van der Waals surface area contributed by atoms with Gasteiger partial charge in [-0.25, -0.2) is 15.0 Å². The first-order valence-electron chi connectivity index (χ1n) is 20.8. The molecule has 0 amide bonds. The molecule has 0 bridgehead atoms. The van der Waals surface area contributed by atoms with Crippen LogP contribution in [-0.2, 0) is 0 Å². The first-order valence-corrected chi connectivity index (χ1v) is 20.8. The second kappa shape index (κ2) is 13.6. The van der Waals surface area contributed by atoms with Crippen LogP contribution < -0.4 is 0 Å². The topological polar surface area (TPSA) is 65.0 Å². The highest BCUT2D eigenvalue weighted by molar-refractivity contribution is 6.26. The zero-order chi connectivity index (χ0) is 40.7. The molecule has 0 aliphatic rings. The van der Waals surface area contributed by atoms with E-state index in [1.165, 1.54) is 32.3 Å². The molecule has 3 aromatic heterocycles. The van der Waals surface area contributed by atoms with Gasteiger partial charge >= 0.3 is 0 Å². The summed E-state index contributed by atoms with van der Waals surface area (Å²) in [5.74, 6) is 1.77. The summed E-state index contributed by atoms with van der Waals surface area (Å²) < 4.78 is 12.8. The highest BCUT2D eigenvalue weighted by atomic mass is 16.3. The Kier molecular flexibility index (Phi) is 7.54. The number of aromatic nitrogens is 3. The zero-order valence-electron chi connectivity index (χ0n) is 33.2. The van der Waals surface area contributed by atoms with Gasteiger partial charge in [0.05, 0.1) is 0 Å². The first kappa shape index (κ1) is 34.5. The molecular formula is C57H33N3O2. The maximum atomic E-state index is 6.59. The number of benzene rings is 10. The van der Waals surface area contributed by atoms with E-state index in [0.717, 1.165) is 82.8 Å². The van der Waals surface area contributed by atoms with Crippen LogP contribution in [0.4, 0.5) is 0 Å². The van der Waals surface area contributed by atoms with E-state index in [-0.39, 0.29) is 0 Å². The van der Waals surface area contributed by atoms with Crippen molar-refractivity contribution < 1.29 is 8.83 Å². The molecule has 13 aromatic rings. The molecule has 0 spiro atoms. The number of fused-ring (bicyclic) bond motifs is 12. The summed E-state index contributed by atoms with van der Waals surface area (Å²) in [5.41, 5.74) is 10.4. The van der Waals surface area contributed by atoms with Gasteiger partial charge in [-0.3, -0.25) is 0 Å². The Morgan fingerprint density at radius 2 is 0.694 bits per heavy atom. The van der Waals surface area contributed by atoms with Crippen LogP contribution in [0.5, 0.6) is 0 Å². The number of furan rings is 2. The Morgan fingerprint density at radius 3 is 1.40 bits per heavy atom. The zero-order valence-corrected chi connectivity index (χ0v) is 33.2. The summed E-state index contributed by atoms with van der Waals surface area (Å²) in [6.45, 7) is 0. The van der Waals surface area contributed by atoms with Gasteiger partial charge in [0.1, 0.15) is 22.3 Å². The van der Waals surface area contributed by atoms with Crippen LogP contribution in [0.2, 0.25) is 0 Å². The summed E-state index contributed by atoms with van der Waals surface area (Å²) in [4.78, 5) is 15.5. The van der Waals surface area contributed by atoms with Crippen LogP contribution >= 0.6 is 0 Å². The molecule has 0 saturated carbocycles. The molecule has 5 nitrogen and oxygen atoms in total. The SMILES string of the molecule is c1ccc(-c2nc(-c3ccc(-c4ccc5c6ccccc6c6ccccc6c5c4)cc3)nc(-c3cccc4oc5cccc(-c6ccc7oc8ccccc8c7c6)c5c34)n2)cc1. The minimum absolute atomic E-state index is 0.575. The van der Waals surface area contributed by atoms with E-state index in [1.807, 2.05) is 60.7 Å². The number of hydrogen-bond donors (Lipinski definition) is 0. The molecule has 13 rings (SSSR count). The molecular weight excluding hydrogens is 759 g/mol. The Balaban J connectivity index is 0.958. The summed E-state index contributed by atoms with van der Waals surface area (Å²) >= 11 is 0. The molecule has 0 N–H and O–H groups in total. The van der Waals surface area contributed by atoms with E-state index in [4.69, 9.17) is 23.8 Å². The second-order valence-electron chi connectivity index (χ2n) is 15.9. The summed E-state index contributed by atoms with van der Waals surface area (Å²) in [7, 11) is 0. The van der Waals surface area contributed by atoms with E-state index >= 15 is 0 Å². The number of nitrogens with zero attached hydrogens (tertiary/aromatic N) is 3. The smallest absolute Gasteiger partial charge is 0.164 e. The molecule has 0 unspecified atom stereocenters. The Hall–Kier alpha value is -8.41. The second-order valence-corrected chi connectivity index (χ2v) is 15.9. The summed E-state index contributed by atoms with van der Waals surface area (Å²) in [5, 5.41) is 11.7. The third-order valence-electron chi connectivity index (χ3n) is 12.3. The van der Waals surface area contributed by atoms with Gasteiger partial charge in [0.25, 0.3) is 0 Å². The van der Waals surface area contributed by atoms with Crippen molar-refractivity contribution >= 4 is 76.2 Å². The molecule has 0 saturated heterocycles. The van der Waals surface area contributed by atoms with Crippen molar-refractivity contribution in [1.29, 1.82) is 0 Å². The highest BCUT2D eigenvalue weighted by Crippen LogP contribution is 2.43. The maximum Gasteiger partial charge on any atom is 0.164 e. The lowest BCUT2D eigenvalue weighted by Gasteiger charge is -2.12. The number of hydrogen-bond acceptors (Lipinski definition) is 5. The summed E-state index contributed by atoms with van der Waals surface area (Å²) in [6, 6.07) is 69.9. The third kappa shape index (κ3) is 5.38. The van der Waals surface area contributed by atoms with Crippen molar-refractivity contribution in [3.63, 3.8) is 0 Å². The molecule has 62 heavy (non-hydrogen) atoms. The van der Waals surface area contributed by atoms with Crippen molar-refractivity contribution in [1.82, 2.24) is 15.0 Å². The fraction of sp³-hybridized carbons (Fsp3) is 0. The Morgan fingerprint density at radius 1 is 0.242 bits per heavy atom. The molecule has 5 heteroatoms. The number of para-hydroxylation sites is 1. The van der Waals surface area contributed by atoms with Gasteiger partial charge in [-0.05, 0) is 91.0 Å². The van der Waals surface area contributed by atoms with Gasteiger partial charge in [-0.2, -0.15) is 0 Å². The van der Waals surface area contributed by atoms with Gasteiger partial charge in [0.15, 0.2) is 17.5 Å². The van der Waals surface area contributed by atoms with E-state index in [0.29, 0.717) is 17.5 Å².